The Balaban J connectivity index is 2.43. The summed E-state index contributed by atoms with van der Waals surface area (Å²) < 4.78 is 42.0. The van der Waals surface area contributed by atoms with Crippen LogP contribution in [0, 0.1) is 5.82 Å². The molecule has 0 bridgehead atoms. The first-order chi connectivity index (χ1) is 9.27. The third-order valence-electron chi connectivity index (χ3n) is 2.43. The number of benzene rings is 2. The molecule has 0 spiro atoms. The van der Waals surface area contributed by atoms with Crippen LogP contribution in [0.2, 0.25) is 0 Å². The van der Waals surface area contributed by atoms with E-state index in [-0.39, 0.29) is 22.1 Å². The molecule has 0 radical (unpaired) electrons. The Morgan fingerprint density at radius 3 is 2.40 bits per heavy atom. The monoisotopic (exact) mass is 360 g/mol. The highest BCUT2D eigenvalue weighted by atomic mass is 79.9. The predicted octanol–water partition coefficient (Wildman–Crippen LogP) is 2.61. The first kappa shape index (κ1) is 14.8. The summed E-state index contributed by atoms with van der Waals surface area (Å²) in [7, 11) is -3.89. The van der Waals surface area contributed by atoms with Crippen molar-refractivity contribution >= 4 is 31.6 Å². The Morgan fingerprint density at radius 2 is 1.80 bits per heavy atom. The Bertz CT molecular complexity index is 765. The highest BCUT2D eigenvalue weighted by Crippen LogP contribution is 2.32. The number of primary sulfonamides is 1. The number of nitrogen functional groups attached to an aromatic ring is 1. The zero-order valence-corrected chi connectivity index (χ0v) is 12.4. The number of sulfonamides is 1. The summed E-state index contributed by atoms with van der Waals surface area (Å²) in [5.41, 5.74) is 5.83. The highest BCUT2D eigenvalue weighted by Gasteiger charge is 2.13. The van der Waals surface area contributed by atoms with Gasteiger partial charge in [-0.1, -0.05) is 15.9 Å². The minimum Gasteiger partial charge on any atom is -0.452 e. The smallest absolute Gasteiger partial charge is 0.238 e. The number of nitrogens with two attached hydrogens (primary N) is 2. The lowest BCUT2D eigenvalue weighted by molar-refractivity contribution is 0.442. The van der Waals surface area contributed by atoms with Crippen LogP contribution in [0.5, 0.6) is 11.5 Å². The summed E-state index contributed by atoms with van der Waals surface area (Å²) in [5.74, 6) is -0.677. The van der Waals surface area contributed by atoms with E-state index in [1.54, 1.807) is 6.07 Å². The molecule has 0 fully saturated rings. The minimum atomic E-state index is -3.89. The summed E-state index contributed by atoms with van der Waals surface area (Å²) >= 11 is 3.12. The largest absolute Gasteiger partial charge is 0.452 e. The molecule has 106 valence electrons. The van der Waals surface area contributed by atoms with Crippen LogP contribution >= 0.6 is 15.9 Å². The first-order valence-electron chi connectivity index (χ1n) is 5.32. The van der Waals surface area contributed by atoms with E-state index in [0.29, 0.717) is 4.47 Å². The van der Waals surface area contributed by atoms with Crippen LogP contribution in [0.4, 0.5) is 10.1 Å². The normalized spacial score (nSPS) is 11.3. The van der Waals surface area contributed by atoms with Crippen molar-refractivity contribution in [3.63, 3.8) is 0 Å². The summed E-state index contributed by atoms with van der Waals surface area (Å²) in [6.07, 6.45) is 0. The van der Waals surface area contributed by atoms with Gasteiger partial charge < -0.3 is 10.5 Å². The quantitative estimate of drug-likeness (QED) is 0.822. The maximum Gasteiger partial charge on any atom is 0.238 e. The zero-order chi connectivity index (χ0) is 14.9. The predicted molar refractivity (Wildman–Crippen MR) is 76.4 cm³/mol. The molecule has 0 atom stereocenters. The molecule has 8 heteroatoms. The molecule has 0 aliphatic heterocycles. The van der Waals surface area contributed by atoms with Gasteiger partial charge in [-0.2, -0.15) is 0 Å². The Morgan fingerprint density at radius 1 is 1.10 bits per heavy atom. The molecule has 0 saturated carbocycles. The molecule has 2 rings (SSSR count). The average Bonchev–Trinajstić information content (AvgIpc) is 2.33. The average molecular weight is 361 g/mol. The van der Waals surface area contributed by atoms with Crippen molar-refractivity contribution in [1.29, 1.82) is 0 Å². The lowest BCUT2D eigenvalue weighted by atomic mass is 10.3. The van der Waals surface area contributed by atoms with Crippen molar-refractivity contribution in [1.82, 2.24) is 0 Å². The molecule has 5 nitrogen and oxygen atoms in total. The van der Waals surface area contributed by atoms with Crippen LogP contribution in [0.15, 0.2) is 45.8 Å². The second-order valence-corrected chi connectivity index (χ2v) is 6.40. The molecule has 0 heterocycles. The molecule has 0 aliphatic rings. The number of hydrogen-bond acceptors (Lipinski definition) is 4. The summed E-state index contributed by atoms with van der Waals surface area (Å²) in [4.78, 5) is -0.167. The molecule has 2 aromatic rings. The van der Waals surface area contributed by atoms with Crippen molar-refractivity contribution in [3.05, 3.63) is 46.7 Å². The van der Waals surface area contributed by atoms with Gasteiger partial charge in [0.15, 0.2) is 17.3 Å². The summed E-state index contributed by atoms with van der Waals surface area (Å²) in [5, 5.41) is 5.01. The topological polar surface area (TPSA) is 95.4 Å². The summed E-state index contributed by atoms with van der Waals surface area (Å²) in [6, 6.07) is 7.91. The number of anilines is 1. The van der Waals surface area contributed by atoms with E-state index in [1.165, 1.54) is 24.3 Å². The van der Waals surface area contributed by atoms with Gasteiger partial charge >= 0.3 is 0 Å². The van der Waals surface area contributed by atoms with Crippen LogP contribution in [-0.2, 0) is 10.0 Å². The van der Waals surface area contributed by atoms with Crippen molar-refractivity contribution in [3.8, 4) is 11.5 Å². The van der Waals surface area contributed by atoms with E-state index >= 15 is 0 Å². The molecule has 0 saturated heterocycles. The molecule has 0 aromatic heterocycles. The van der Waals surface area contributed by atoms with Gasteiger partial charge in [0.2, 0.25) is 10.0 Å². The Labute approximate surface area is 123 Å². The van der Waals surface area contributed by atoms with Crippen LogP contribution < -0.4 is 15.6 Å². The lowest BCUT2D eigenvalue weighted by Gasteiger charge is -2.10. The lowest BCUT2D eigenvalue weighted by Crippen LogP contribution is -2.12. The SMILES string of the molecule is Nc1ccc(S(N)(=O)=O)cc1Oc1ccc(Br)cc1F. The highest BCUT2D eigenvalue weighted by molar-refractivity contribution is 9.10. The molecule has 0 unspecified atom stereocenters. The molecule has 4 N–H and O–H groups in total. The van der Waals surface area contributed by atoms with E-state index in [4.69, 9.17) is 15.6 Å². The van der Waals surface area contributed by atoms with Gasteiger partial charge in [0.1, 0.15) is 0 Å². The number of hydrogen-bond donors (Lipinski definition) is 2. The van der Waals surface area contributed by atoms with Gasteiger partial charge in [-0.3, -0.25) is 0 Å². The van der Waals surface area contributed by atoms with Gasteiger partial charge in [0.05, 0.1) is 10.6 Å². The molecular weight excluding hydrogens is 351 g/mol. The van der Waals surface area contributed by atoms with Crippen molar-refractivity contribution < 1.29 is 17.5 Å². The van der Waals surface area contributed by atoms with Crippen molar-refractivity contribution in [2.24, 2.45) is 5.14 Å². The van der Waals surface area contributed by atoms with E-state index < -0.39 is 15.8 Å². The number of rotatable bonds is 3. The number of halogens is 2. The van der Waals surface area contributed by atoms with Crippen molar-refractivity contribution in [2.75, 3.05) is 5.73 Å². The Kier molecular flexibility index (Phi) is 3.98. The maximum absolute atomic E-state index is 13.7. The van der Waals surface area contributed by atoms with Gasteiger partial charge in [-0.05, 0) is 30.3 Å². The van der Waals surface area contributed by atoms with E-state index in [0.717, 1.165) is 6.07 Å². The minimum absolute atomic E-state index is 0.0118. The van der Waals surface area contributed by atoms with E-state index in [1.807, 2.05) is 0 Å². The van der Waals surface area contributed by atoms with Crippen molar-refractivity contribution in [2.45, 2.75) is 4.90 Å². The molecular formula is C12H10BrFN2O3S. The standard InChI is InChI=1S/C12H10BrFN2O3S/c13-7-1-4-11(9(14)5-7)19-12-6-8(20(16,17)18)2-3-10(12)15/h1-6H,15H2,(H2,16,17,18). The second kappa shape index (κ2) is 5.39. The van der Waals surface area contributed by atoms with Gasteiger partial charge in [-0.15, -0.1) is 0 Å². The van der Waals surface area contributed by atoms with Crippen LogP contribution in [0.3, 0.4) is 0 Å². The van der Waals surface area contributed by atoms with Crippen LogP contribution in [-0.4, -0.2) is 8.42 Å². The molecule has 2 aromatic carbocycles. The first-order valence-corrected chi connectivity index (χ1v) is 7.66. The third kappa shape index (κ3) is 3.27. The molecule has 20 heavy (non-hydrogen) atoms. The number of ether oxygens (including phenoxy) is 1. The van der Waals surface area contributed by atoms with Crippen LogP contribution in [0.1, 0.15) is 0 Å². The fraction of sp³-hybridized carbons (Fsp3) is 0. The van der Waals surface area contributed by atoms with Gasteiger partial charge in [0, 0.05) is 10.5 Å². The summed E-state index contributed by atoms with van der Waals surface area (Å²) in [6.45, 7) is 0. The van der Waals surface area contributed by atoms with E-state index in [9.17, 15) is 12.8 Å². The third-order valence-corrected chi connectivity index (χ3v) is 3.83. The fourth-order valence-electron chi connectivity index (χ4n) is 1.46. The zero-order valence-electron chi connectivity index (χ0n) is 10.0. The van der Waals surface area contributed by atoms with E-state index in [2.05, 4.69) is 15.9 Å². The van der Waals surface area contributed by atoms with Gasteiger partial charge in [0.25, 0.3) is 0 Å². The van der Waals surface area contributed by atoms with Gasteiger partial charge in [-0.25, -0.2) is 17.9 Å². The molecule has 0 amide bonds. The second-order valence-electron chi connectivity index (χ2n) is 3.92. The van der Waals surface area contributed by atoms with Crippen LogP contribution in [0.25, 0.3) is 0 Å². The Hall–Kier alpha value is -1.64. The fourth-order valence-corrected chi connectivity index (χ4v) is 2.32. The molecule has 0 aliphatic carbocycles. The maximum atomic E-state index is 13.7.